The molecule has 34 heavy (non-hydrogen) atoms. The van der Waals surface area contributed by atoms with Gasteiger partial charge in [0.25, 0.3) is 0 Å². The average Bonchev–Trinajstić information content (AvgIpc) is 3.13. The maximum atomic E-state index is 12.5. The van der Waals surface area contributed by atoms with E-state index in [1.54, 1.807) is 4.90 Å². The predicted octanol–water partition coefficient (Wildman–Crippen LogP) is 4.41. The van der Waals surface area contributed by atoms with E-state index in [9.17, 15) is 14.4 Å². The second-order valence-electron chi connectivity index (χ2n) is 9.21. The highest BCUT2D eigenvalue weighted by Crippen LogP contribution is 2.44. The molecule has 1 saturated heterocycles. The van der Waals surface area contributed by atoms with E-state index in [0.29, 0.717) is 38.8 Å². The van der Waals surface area contributed by atoms with Gasteiger partial charge in [-0.2, -0.15) is 0 Å². The monoisotopic (exact) mass is 464 g/mol. The maximum absolute atomic E-state index is 12.5. The third kappa shape index (κ3) is 5.41. The van der Waals surface area contributed by atoms with Crippen LogP contribution in [0.5, 0.6) is 0 Å². The van der Waals surface area contributed by atoms with Gasteiger partial charge < -0.3 is 20.1 Å². The first-order valence-corrected chi connectivity index (χ1v) is 12.1. The number of alkyl carbamates (subject to hydrolysis) is 1. The topological polar surface area (TPSA) is 95.9 Å². The van der Waals surface area contributed by atoms with Crippen LogP contribution in [-0.4, -0.2) is 53.7 Å². The molecule has 0 spiro atoms. The number of ether oxygens (including phenoxy) is 1. The largest absolute Gasteiger partial charge is 0.481 e. The molecule has 2 aliphatic rings. The van der Waals surface area contributed by atoms with Crippen LogP contribution in [0.3, 0.4) is 0 Å². The standard InChI is InChI=1S/C27H32N2O5/c1-2-19(12-13-25(30)29-15-18(16-29)11-14-26(31)32)28-27(33)34-17-24-22-9-5-3-7-20(22)21-8-4-6-10-23(21)24/h3-10,18-19,24H,2,11-17H2,1H3,(H,28,33)(H,31,32). The number of carboxylic acid groups (broad SMARTS) is 1. The lowest BCUT2D eigenvalue weighted by Crippen LogP contribution is -2.50. The Kier molecular flexibility index (Phi) is 7.50. The zero-order valence-electron chi connectivity index (χ0n) is 19.5. The number of nitrogens with one attached hydrogen (secondary N) is 1. The van der Waals surface area contributed by atoms with Gasteiger partial charge in [-0.3, -0.25) is 9.59 Å². The highest BCUT2D eigenvalue weighted by atomic mass is 16.5. The first kappa shape index (κ1) is 23.8. The van der Waals surface area contributed by atoms with Gasteiger partial charge >= 0.3 is 12.1 Å². The lowest BCUT2D eigenvalue weighted by molar-refractivity contribution is -0.139. The van der Waals surface area contributed by atoms with Gasteiger partial charge in [0.1, 0.15) is 6.61 Å². The van der Waals surface area contributed by atoms with E-state index in [1.807, 2.05) is 31.2 Å². The average molecular weight is 465 g/mol. The minimum Gasteiger partial charge on any atom is -0.481 e. The molecule has 1 fully saturated rings. The summed E-state index contributed by atoms with van der Waals surface area (Å²) in [6, 6.07) is 16.3. The molecule has 2 aromatic rings. The molecule has 7 heteroatoms. The Balaban J connectivity index is 1.22. The minimum absolute atomic E-state index is 0.0142. The van der Waals surface area contributed by atoms with Crippen LogP contribution in [-0.2, 0) is 14.3 Å². The number of nitrogens with zero attached hydrogens (tertiary/aromatic N) is 1. The first-order chi connectivity index (χ1) is 16.5. The Bertz CT molecular complexity index is 1000. The molecule has 1 aliphatic heterocycles. The summed E-state index contributed by atoms with van der Waals surface area (Å²) in [5.41, 5.74) is 4.72. The lowest BCUT2D eigenvalue weighted by Gasteiger charge is -2.39. The van der Waals surface area contributed by atoms with Crippen molar-refractivity contribution < 1.29 is 24.2 Å². The van der Waals surface area contributed by atoms with Crippen molar-refractivity contribution in [2.45, 2.75) is 51.0 Å². The van der Waals surface area contributed by atoms with Gasteiger partial charge in [-0.15, -0.1) is 0 Å². The zero-order valence-corrected chi connectivity index (χ0v) is 19.5. The van der Waals surface area contributed by atoms with Crippen molar-refractivity contribution in [3.8, 4) is 11.1 Å². The van der Waals surface area contributed by atoms with E-state index in [-0.39, 0.29) is 36.8 Å². The predicted molar refractivity (Wildman–Crippen MR) is 128 cm³/mol. The summed E-state index contributed by atoms with van der Waals surface area (Å²) >= 11 is 0. The molecule has 4 rings (SSSR count). The fourth-order valence-corrected chi connectivity index (χ4v) is 4.92. The number of hydrogen-bond donors (Lipinski definition) is 2. The lowest BCUT2D eigenvalue weighted by atomic mass is 9.94. The van der Waals surface area contributed by atoms with Crippen molar-refractivity contribution in [2.75, 3.05) is 19.7 Å². The highest BCUT2D eigenvalue weighted by Gasteiger charge is 2.31. The summed E-state index contributed by atoms with van der Waals surface area (Å²) < 4.78 is 5.63. The van der Waals surface area contributed by atoms with Gasteiger partial charge in [-0.1, -0.05) is 55.5 Å². The molecule has 1 aliphatic carbocycles. The molecule has 180 valence electrons. The van der Waals surface area contributed by atoms with Crippen LogP contribution in [0.25, 0.3) is 11.1 Å². The molecule has 0 bridgehead atoms. The summed E-state index contributed by atoms with van der Waals surface area (Å²) in [6.07, 6.45) is 1.91. The zero-order chi connectivity index (χ0) is 24.1. The second-order valence-corrected chi connectivity index (χ2v) is 9.21. The van der Waals surface area contributed by atoms with Crippen LogP contribution >= 0.6 is 0 Å². The van der Waals surface area contributed by atoms with E-state index < -0.39 is 12.1 Å². The number of hydrogen-bond acceptors (Lipinski definition) is 4. The molecule has 0 saturated carbocycles. The summed E-state index contributed by atoms with van der Waals surface area (Å²) in [5.74, 6) is -0.449. The molecule has 2 amide bonds. The van der Waals surface area contributed by atoms with Gasteiger partial charge in [0.05, 0.1) is 0 Å². The fourth-order valence-electron chi connectivity index (χ4n) is 4.92. The van der Waals surface area contributed by atoms with Crippen molar-refractivity contribution in [3.63, 3.8) is 0 Å². The van der Waals surface area contributed by atoms with Crippen LogP contribution in [0.2, 0.25) is 0 Å². The molecule has 2 aromatic carbocycles. The van der Waals surface area contributed by atoms with Gasteiger partial charge in [-0.25, -0.2) is 4.79 Å². The van der Waals surface area contributed by atoms with E-state index in [1.165, 1.54) is 22.3 Å². The smallest absolute Gasteiger partial charge is 0.407 e. The molecule has 2 N–H and O–H groups in total. The van der Waals surface area contributed by atoms with E-state index in [2.05, 4.69) is 29.6 Å². The van der Waals surface area contributed by atoms with E-state index >= 15 is 0 Å². The molecule has 0 radical (unpaired) electrons. The van der Waals surface area contributed by atoms with Crippen LogP contribution in [0.15, 0.2) is 48.5 Å². The number of likely N-dealkylation sites (tertiary alicyclic amines) is 1. The SMILES string of the molecule is CCC(CCC(=O)N1CC(CCC(=O)O)C1)NC(=O)OCC1c2ccccc2-c2ccccc21. The quantitative estimate of drug-likeness (QED) is 0.543. The Hall–Kier alpha value is -3.35. The number of amides is 2. The highest BCUT2D eigenvalue weighted by molar-refractivity contribution is 5.79. The van der Waals surface area contributed by atoms with Crippen LogP contribution in [0.1, 0.15) is 56.1 Å². The third-order valence-electron chi connectivity index (χ3n) is 6.94. The van der Waals surface area contributed by atoms with Gasteiger partial charge in [0, 0.05) is 37.9 Å². The Labute approximate surface area is 200 Å². The maximum Gasteiger partial charge on any atom is 0.407 e. The van der Waals surface area contributed by atoms with E-state index in [0.717, 1.165) is 0 Å². The van der Waals surface area contributed by atoms with Crippen molar-refractivity contribution in [3.05, 3.63) is 59.7 Å². The van der Waals surface area contributed by atoms with Crippen LogP contribution in [0, 0.1) is 5.92 Å². The number of benzene rings is 2. The summed E-state index contributed by atoms with van der Waals surface area (Å²) in [6.45, 7) is 3.50. The fraction of sp³-hybridized carbons (Fsp3) is 0.444. The van der Waals surface area contributed by atoms with Crippen molar-refractivity contribution in [1.29, 1.82) is 0 Å². The van der Waals surface area contributed by atoms with Crippen LogP contribution < -0.4 is 5.32 Å². The van der Waals surface area contributed by atoms with Crippen molar-refractivity contribution in [1.82, 2.24) is 10.2 Å². The van der Waals surface area contributed by atoms with E-state index in [4.69, 9.17) is 9.84 Å². The molecule has 7 nitrogen and oxygen atoms in total. The first-order valence-electron chi connectivity index (χ1n) is 12.1. The number of aliphatic carboxylic acids is 1. The minimum atomic E-state index is -0.796. The Morgan fingerprint density at radius 1 is 1.03 bits per heavy atom. The van der Waals surface area contributed by atoms with Crippen molar-refractivity contribution in [2.24, 2.45) is 5.92 Å². The van der Waals surface area contributed by atoms with Gasteiger partial charge in [0.15, 0.2) is 0 Å². The van der Waals surface area contributed by atoms with Crippen LogP contribution in [0.4, 0.5) is 4.79 Å². The molecule has 1 atom stereocenters. The third-order valence-corrected chi connectivity index (χ3v) is 6.94. The molecule has 0 aromatic heterocycles. The Morgan fingerprint density at radius 3 is 2.24 bits per heavy atom. The van der Waals surface area contributed by atoms with Gasteiger partial charge in [-0.05, 0) is 47.4 Å². The molecule has 1 heterocycles. The van der Waals surface area contributed by atoms with Gasteiger partial charge in [0.2, 0.25) is 5.91 Å². The number of rotatable bonds is 10. The Morgan fingerprint density at radius 2 is 1.65 bits per heavy atom. The van der Waals surface area contributed by atoms with Crippen molar-refractivity contribution >= 4 is 18.0 Å². The number of fused-ring (bicyclic) bond motifs is 3. The summed E-state index contributed by atoms with van der Waals surface area (Å²) in [4.78, 5) is 37.4. The summed E-state index contributed by atoms with van der Waals surface area (Å²) in [5, 5.41) is 11.7. The molecular formula is C27H32N2O5. The molecule has 1 unspecified atom stereocenters. The second kappa shape index (κ2) is 10.7. The number of carbonyl (C=O) groups is 3. The summed E-state index contributed by atoms with van der Waals surface area (Å²) in [7, 11) is 0. The number of carboxylic acids is 1. The molecular weight excluding hydrogens is 432 g/mol. The normalized spacial score (nSPS) is 15.7. The number of carbonyl (C=O) groups excluding carboxylic acids is 2.